The monoisotopic (exact) mass is 318 g/mol. The maximum absolute atomic E-state index is 12.3. The fourth-order valence-electron chi connectivity index (χ4n) is 2.28. The molecule has 0 unspecified atom stereocenters. The minimum atomic E-state index is 0.0353. The molecule has 21 heavy (non-hydrogen) atoms. The van der Waals surface area contributed by atoms with Crippen molar-refractivity contribution < 1.29 is 4.79 Å². The second-order valence-corrected chi connectivity index (χ2v) is 5.59. The fourth-order valence-corrected chi connectivity index (χ4v) is 2.81. The van der Waals surface area contributed by atoms with Crippen molar-refractivity contribution in [2.24, 2.45) is 0 Å². The van der Waals surface area contributed by atoms with Gasteiger partial charge < -0.3 is 4.57 Å². The summed E-state index contributed by atoms with van der Waals surface area (Å²) in [6.07, 6.45) is 1.89. The molecule has 0 N–H and O–H groups in total. The van der Waals surface area contributed by atoms with E-state index in [2.05, 4.69) is 4.98 Å². The summed E-state index contributed by atoms with van der Waals surface area (Å²) in [7, 11) is 0. The number of imidazole rings is 1. The van der Waals surface area contributed by atoms with Crippen LogP contribution in [0.2, 0.25) is 10.0 Å². The third-order valence-electron chi connectivity index (χ3n) is 3.31. The molecule has 0 amide bonds. The minimum absolute atomic E-state index is 0.0353. The van der Waals surface area contributed by atoms with E-state index in [4.69, 9.17) is 23.2 Å². The van der Waals surface area contributed by atoms with Crippen molar-refractivity contribution in [1.82, 2.24) is 9.55 Å². The first kappa shape index (κ1) is 14.1. The van der Waals surface area contributed by atoms with Crippen LogP contribution in [0.1, 0.15) is 5.56 Å². The van der Waals surface area contributed by atoms with Crippen LogP contribution in [0.25, 0.3) is 11.0 Å². The highest BCUT2D eigenvalue weighted by Crippen LogP contribution is 2.25. The minimum Gasteiger partial charge on any atom is -0.323 e. The van der Waals surface area contributed by atoms with Crippen LogP contribution in [-0.4, -0.2) is 15.3 Å². The maximum Gasteiger partial charge on any atom is 0.157 e. The Balaban J connectivity index is 1.81. The lowest BCUT2D eigenvalue weighted by molar-refractivity contribution is -0.118. The Morgan fingerprint density at radius 1 is 1.05 bits per heavy atom. The number of para-hydroxylation sites is 2. The molecule has 0 radical (unpaired) electrons. The molecule has 0 aliphatic carbocycles. The zero-order valence-electron chi connectivity index (χ0n) is 11.1. The van der Waals surface area contributed by atoms with Crippen LogP contribution < -0.4 is 0 Å². The Labute approximate surface area is 132 Å². The Morgan fingerprint density at radius 2 is 1.76 bits per heavy atom. The molecule has 0 fully saturated rings. The number of rotatable bonds is 4. The van der Waals surface area contributed by atoms with E-state index in [-0.39, 0.29) is 18.7 Å². The molecule has 106 valence electrons. The molecule has 3 rings (SSSR count). The third kappa shape index (κ3) is 2.94. The van der Waals surface area contributed by atoms with E-state index in [0.717, 1.165) is 11.0 Å². The number of halogens is 2. The molecule has 3 nitrogen and oxygen atoms in total. The lowest BCUT2D eigenvalue weighted by Gasteiger charge is -2.07. The van der Waals surface area contributed by atoms with Crippen molar-refractivity contribution in [3.63, 3.8) is 0 Å². The summed E-state index contributed by atoms with van der Waals surface area (Å²) in [5.74, 6) is 0.0353. The van der Waals surface area contributed by atoms with Gasteiger partial charge >= 0.3 is 0 Å². The summed E-state index contributed by atoms with van der Waals surface area (Å²) in [5.41, 5.74) is 2.49. The average molecular weight is 319 g/mol. The van der Waals surface area contributed by atoms with Gasteiger partial charge in [0.1, 0.15) is 0 Å². The number of aromatic nitrogens is 2. The molecule has 5 heteroatoms. The van der Waals surface area contributed by atoms with E-state index in [1.54, 1.807) is 24.5 Å². The van der Waals surface area contributed by atoms with E-state index in [9.17, 15) is 4.79 Å². The number of fused-ring (bicyclic) bond motifs is 1. The van der Waals surface area contributed by atoms with Crippen LogP contribution in [0.5, 0.6) is 0 Å². The molecule has 1 aromatic heterocycles. The highest BCUT2D eigenvalue weighted by molar-refractivity contribution is 6.36. The number of hydrogen-bond donors (Lipinski definition) is 0. The number of carbonyl (C=O) groups is 1. The number of hydrogen-bond acceptors (Lipinski definition) is 2. The summed E-state index contributed by atoms with van der Waals surface area (Å²) in [5, 5.41) is 1.04. The van der Waals surface area contributed by atoms with Gasteiger partial charge in [0.25, 0.3) is 0 Å². The Hall–Kier alpha value is -1.84. The summed E-state index contributed by atoms with van der Waals surface area (Å²) < 4.78 is 1.84. The Kier molecular flexibility index (Phi) is 3.95. The quantitative estimate of drug-likeness (QED) is 0.724. The molecular formula is C16H12Cl2N2O. The summed E-state index contributed by atoms with van der Waals surface area (Å²) in [4.78, 5) is 16.5. The molecule has 0 spiro atoms. The normalized spacial score (nSPS) is 11.0. The van der Waals surface area contributed by atoms with Crippen LogP contribution >= 0.6 is 23.2 Å². The van der Waals surface area contributed by atoms with Crippen molar-refractivity contribution in [3.05, 3.63) is 64.4 Å². The van der Waals surface area contributed by atoms with Crippen LogP contribution in [-0.2, 0) is 17.8 Å². The van der Waals surface area contributed by atoms with Gasteiger partial charge in [0.2, 0.25) is 0 Å². The van der Waals surface area contributed by atoms with Gasteiger partial charge in [-0.1, -0.05) is 41.4 Å². The van der Waals surface area contributed by atoms with Crippen LogP contribution in [0.4, 0.5) is 0 Å². The van der Waals surface area contributed by atoms with E-state index >= 15 is 0 Å². The molecule has 0 atom stereocenters. The van der Waals surface area contributed by atoms with Gasteiger partial charge in [-0.3, -0.25) is 4.79 Å². The van der Waals surface area contributed by atoms with Gasteiger partial charge in [0, 0.05) is 16.5 Å². The average Bonchev–Trinajstić information content (AvgIpc) is 2.87. The lowest BCUT2D eigenvalue weighted by atomic mass is 10.1. The lowest BCUT2D eigenvalue weighted by Crippen LogP contribution is -2.12. The van der Waals surface area contributed by atoms with Gasteiger partial charge in [-0.15, -0.1) is 0 Å². The standard InChI is InChI=1S/C16H12Cl2N2O/c17-13-4-3-5-14(18)12(13)8-11(21)9-20-10-19-15-6-1-2-7-16(15)20/h1-7,10H,8-9H2. The number of carbonyl (C=O) groups excluding carboxylic acids is 1. The Bertz CT molecular complexity index is 791. The molecular weight excluding hydrogens is 307 g/mol. The SMILES string of the molecule is O=C(Cc1c(Cl)cccc1Cl)Cn1cnc2ccccc21. The van der Waals surface area contributed by atoms with Crippen molar-refractivity contribution in [3.8, 4) is 0 Å². The molecule has 0 saturated heterocycles. The van der Waals surface area contributed by atoms with E-state index in [1.807, 2.05) is 28.8 Å². The van der Waals surface area contributed by atoms with Crippen LogP contribution in [0, 0.1) is 0 Å². The molecule has 0 bridgehead atoms. The summed E-state index contributed by atoms with van der Waals surface area (Å²) in [6, 6.07) is 13.0. The largest absolute Gasteiger partial charge is 0.323 e. The van der Waals surface area contributed by atoms with Gasteiger partial charge in [0.05, 0.1) is 23.9 Å². The van der Waals surface area contributed by atoms with E-state index in [0.29, 0.717) is 15.6 Å². The number of nitrogens with zero attached hydrogens (tertiary/aromatic N) is 2. The van der Waals surface area contributed by atoms with Crippen molar-refractivity contribution in [2.75, 3.05) is 0 Å². The summed E-state index contributed by atoms with van der Waals surface area (Å²) >= 11 is 12.2. The maximum atomic E-state index is 12.3. The molecule has 1 heterocycles. The van der Waals surface area contributed by atoms with Gasteiger partial charge in [0.15, 0.2) is 5.78 Å². The number of ketones is 1. The second-order valence-electron chi connectivity index (χ2n) is 4.78. The van der Waals surface area contributed by atoms with Crippen molar-refractivity contribution in [2.45, 2.75) is 13.0 Å². The van der Waals surface area contributed by atoms with Crippen LogP contribution in [0.3, 0.4) is 0 Å². The van der Waals surface area contributed by atoms with Gasteiger partial charge in [-0.2, -0.15) is 0 Å². The predicted molar refractivity (Wildman–Crippen MR) is 84.9 cm³/mol. The highest BCUT2D eigenvalue weighted by Gasteiger charge is 2.12. The number of benzene rings is 2. The smallest absolute Gasteiger partial charge is 0.157 e. The van der Waals surface area contributed by atoms with Gasteiger partial charge in [-0.25, -0.2) is 4.98 Å². The van der Waals surface area contributed by atoms with Gasteiger partial charge in [-0.05, 0) is 29.8 Å². The topological polar surface area (TPSA) is 34.9 Å². The zero-order chi connectivity index (χ0) is 14.8. The summed E-state index contributed by atoms with van der Waals surface area (Å²) in [6.45, 7) is 0.252. The first-order chi connectivity index (χ1) is 10.1. The van der Waals surface area contributed by atoms with E-state index < -0.39 is 0 Å². The molecule has 0 saturated carbocycles. The first-order valence-electron chi connectivity index (χ1n) is 6.49. The van der Waals surface area contributed by atoms with Crippen molar-refractivity contribution in [1.29, 1.82) is 0 Å². The molecule has 2 aromatic carbocycles. The highest BCUT2D eigenvalue weighted by atomic mass is 35.5. The van der Waals surface area contributed by atoms with E-state index in [1.165, 1.54) is 0 Å². The zero-order valence-corrected chi connectivity index (χ0v) is 12.6. The third-order valence-corrected chi connectivity index (χ3v) is 4.02. The molecule has 3 aromatic rings. The first-order valence-corrected chi connectivity index (χ1v) is 7.25. The predicted octanol–water partition coefficient (Wildman–Crippen LogP) is 4.15. The number of Topliss-reactive ketones (excluding diaryl/α,β-unsaturated/α-hetero) is 1. The second kappa shape index (κ2) is 5.88. The Morgan fingerprint density at radius 3 is 2.52 bits per heavy atom. The fraction of sp³-hybridized carbons (Fsp3) is 0.125. The van der Waals surface area contributed by atoms with Crippen molar-refractivity contribution >= 4 is 40.0 Å². The molecule has 0 aliphatic heterocycles. The van der Waals surface area contributed by atoms with Crippen LogP contribution in [0.15, 0.2) is 48.8 Å². The molecule has 0 aliphatic rings.